The second-order valence-electron chi connectivity index (χ2n) is 5.81. The Hall–Kier alpha value is -2.25. The third kappa shape index (κ3) is 3.65. The molecule has 0 aliphatic carbocycles. The molecular formula is C18H23N3. The zero-order chi connectivity index (χ0) is 15.4. The van der Waals surface area contributed by atoms with Gasteiger partial charge in [0.15, 0.2) is 0 Å². The molecule has 3 heteroatoms. The normalized spacial score (nSPS) is 11.8. The summed E-state index contributed by atoms with van der Waals surface area (Å²) >= 11 is 0. The Balaban J connectivity index is 2.47. The molecule has 21 heavy (non-hydrogen) atoms. The number of H-pyrrole nitrogens is 1. The van der Waals surface area contributed by atoms with E-state index in [-0.39, 0.29) is 0 Å². The molecule has 0 saturated heterocycles. The summed E-state index contributed by atoms with van der Waals surface area (Å²) in [5, 5.41) is 4.26. The third-order valence-corrected chi connectivity index (χ3v) is 3.40. The molecule has 0 aromatic carbocycles. The van der Waals surface area contributed by atoms with Gasteiger partial charge in [0.05, 0.1) is 6.20 Å². The fourth-order valence-corrected chi connectivity index (χ4v) is 2.47. The Bertz CT molecular complexity index is 692. The van der Waals surface area contributed by atoms with Crippen LogP contribution in [0.1, 0.15) is 31.5 Å². The Kier molecular flexibility index (Phi) is 4.66. The lowest BCUT2D eigenvalue weighted by Gasteiger charge is -2.06. The van der Waals surface area contributed by atoms with E-state index in [1.807, 2.05) is 36.4 Å². The maximum absolute atomic E-state index is 4.26. The first kappa shape index (κ1) is 15.1. The van der Waals surface area contributed by atoms with Crippen molar-refractivity contribution in [3.05, 3.63) is 53.8 Å². The van der Waals surface area contributed by atoms with E-state index in [1.165, 1.54) is 16.7 Å². The Morgan fingerprint density at radius 3 is 2.86 bits per heavy atom. The molecule has 0 aliphatic heterocycles. The molecule has 0 amide bonds. The number of nitrogens with zero attached hydrogens (tertiary/aromatic N) is 2. The van der Waals surface area contributed by atoms with Gasteiger partial charge < -0.3 is 4.98 Å². The summed E-state index contributed by atoms with van der Waals surface area (Å²) in [5.41, 5.74) is 8.82. The first-order chi connectivity index (χ1) is 10.0. The van der Waals surface area contributed by atoms with E-state index in [9.17, 15) is 0 Å². The van der Waals surface area contributed by atoms with Gasteiger partial charge in [0, 0.05) is 41.8 Å². The molecule has 0 radical (unpaired) electrons. The lowest BCUT2D eigenvalue weighted by atomic mass is 9.98. The molecule has 0 aliphatic rings. The minimum atomic E-state index is 0.599. The molecule has 0 bridgehead atoms. The van der Waals surface area contributed by atoms with Crippen molar-refractivity contribution in [3.63, 3.8) is 0 Å². The average molecular weight is 281 g/mol. The predicted octanol–water partition coefficient (Wildman–Crippen LogP) is 4.49. The van der Waals surface area contributed by atoms with Crippen LogP contribution in [-0.4, -0.2) is 14.8 Å². The highest BCUT2D eigenvalue weighted by Gasteiger charge is 2.11. The fraction of sp³-hybridized carbons (Fsp3) is 0.333. The van der Waals surface area contributed by atoms with Crippen LogP contribution in [0.4, 0.5) is 0 Å². The summed E-state index contributed by atoms with van der Waals surface area (Å²) in [6.07, 6.45) is 11.2. The largest absolute Gasteiger partial charge is 0.364 e. The molecule has 3 nitrogen and oxygen atoms in total. The second kappa shape index (κ2) is 6.47. The molecule has 2 heterocycles. The zero-order valence-corrected chi connectivity index (χ0v) is 13.3. The van der Waals surface area contributed by atoms with Crippen LogP contribution in [0.2, 0.25) is 0 Å². The van der Waals surface area contributed by atoms with E-state index in [2.05, 4.69) is 49.2 Å². The molecule has 110 valence electrons. The Labute approximate surface area is 126 Å². The van der Waals surface area contributed by atoms with Crippen LogP contribution in [0, 0.1) is 12.8 Å². The summed E-state index contributed by atoms with van der Waals surface area (Å²) in [4.78, 5) is 3.31. The molecule has 0 unspecified atom stereocenters. The lowest BCUT2D eigenvalue weighted by Crippen LogP contribution is -1.90. The van der Waals surface area contributed by atoms with E-state index in [0.717, 1.165) is 17.7 Å². The monoisotopic (exact) mass is 281 g/mol. The average Bonchev–Trinajstić information content (AvgIpc) is 2.97. The Morgan fingerprint density at radius 2 is 2.29 bits per heavy atom. The van der Waals surface area contributed by atoms with Crippen LogP contribution in [0.15, 0.2) is 42.5 Å². The molecule has 0 saturated carbocycles. The van der Waals surface area contributed by atoms with Crippen LogP contribution >= 0.6 is 0 Å². The summed E-state index contributed by atoms with van der Waals surface area (Å²) < 4.78 is 1.82. The van der Waals surface area contributed by atoms with E-state index < -0.39 is 0 Å². The van der Waals surface area contributed by atoms with E-state index >= 15 is 0 Å². The Morgan fingerprint density at radius 1 is 1.52 bits per heavy atom. The van der Waals surface area contributed by atoms with Crippen LogP contribution in [0.5, 0.6) is 0 Å². The van der Waals surface area contributed by atoms with Gasteiger partial charge in [0.2, 0.25) is 0 Å². The van der Waals surface area contributed by atoms with E-state index in [4.69, 9.17) is 0 Å². The molecular weight excluding hydrogens is 258 g/mol. The van der Waals surface area contributed by atoms with Crippen molar-refractivity contribution >= 4 is 6.08 Å². The van der Waals surface area contributed by atoms with Gasteiger partial charge >= 0.3 is 0 Å². The van der Waals surface area contributed by atoms with Gasteiger partial charge in [-0.1, -0.05) is 20.4 Å². The number of aromatic amines is 1. The highest BCUT2D eigenvalue weighted by atomic mass is 15.2. The highest BCUT2D eigenvalue weighted by Crippen LogP contribution is 2.29. The molecule has 0 atom stereocenters. The van der Waals surface area contributed by atoms with Crippen LogP contribution in [0.3, 0.4) is 0 Å². The zero-order valence-electron chi connectivity index (χ0n) is 13.3. The van der Waals surface area contributed by atoms with Crippen LogP contribution in [0.25, 0.3) is 17.2 Å². The van der Waals surface area contributed by atoms with Crippen molar-refractivity contribution in [3.8, 4) is 11.1 Å². The van der Waals surface area contributed by atoms with Crippen LogP contribution in [-0.2, 0) is 7.05 Å². The molecule has 2 aromatic heterocycles. The van der Waals surface area contributed by atoms with Crippen LogP contribution < -0.4 is 0 Å². The number of aromatic nitrogens is 3. The first-order valence-electron chi connectivity index (χ1n) is 7.24. The third-order valence-electron chi connectivity index (χ3n) is 3.40. The molecule has 2 rings (SSSR count). The van der Waals surface area contributed by atoms with Gasteiger partial charge in [-0.3, -0.25) is 4.68 Å². The first-order valence-corrected chi connectivity index (χ1v) is 7.24. The van der Waals surface area contributed by atoms with Gasteiger partial charge in [0.25, 0.3) is 0 Å². The van der Waals surface area contributed by atoms with E-state index in [0.29, 0.717) is 5.92 Å². The second-order valence-corrected chi connectivity index (χ2v) is 5.81. The van der Waals surface area contributed by atoms with Gasteiger partial charge in [-0.15, -0.1) is 5.73 Å². The number of allylic oxidation sites excluding steroid dienone is 2. The minimum absolute atomic E-state index is 0.599. The predicted molar refractivity (Wildman–Crippen MR) is 88.9 cm³/mol. The molecule has 0 fully saturated rings. The SMILES string of the molecule is C=C=C/C(=C\c1c(-c2cnn(C)c2)c[nH]c1C)CC(C)C. The molecule has 1 N–H and O–H groups in total. The minimum Gasteiger partial charge on any atom is -0.364 e. The van der Waals surface area contributed by atoms with E-state index in [1.54, 1.807) is 0 Å². The van der Waals surface area contributed by atoms with Crippen molar-refractivity contribution in [2.75, 3.05) is 0 Å². The summed E-state index contributed by atoms with van der Waals surface area (Å²) in [7, 11) is 1.93. The van der Waals surface area contributed by atoms with Crippen molar-refractivity contribution in [1.29, 1.82) is 0 Å². The number of hydrogen-bond donors (Lipinski definition) is 1. The van der Waals surface area contributed by atoms with Gasteiger partial charge in [0.1, 0.15) is 0 Å². The summed E-state index contributed by atoms with van der Waals surface area (Å²) in [5.74, 6) is 0.599. The summed E-state index contributed by atoms with van der Waals surface area (Å²) in [6, 6.07) is 0. The van der Waals surface area contributed by atoms with Crippen molar-refractivity contribution < 1.29 is 0 Å². The number of hydrogen-bond acceptors (Lipinski definition) is 1. The maximum atomic E-state index is 4.26. The topological polar surface area (TPSA) is 33.6 Å². The van der Waals surface area contributed by atoms with Gasteiger partial charge in [-0.2, -0.15) is 5.10 Å². The van der Waals surface area contributed by atoms with Crippen molar-refractivity contribution in [2.45, 2.75) is 27.2 Å². The lowest BCUT2D eigenvalue weighted by molar-refractivity contribution is 0.652. The van der Waals surface area contributed by atoms with Crippen molar-refractivity contribution in [2.24, 2.45) is 13.0 Å². The number of aryl methyl sites for hydroxylation is 2. The maximum Gasteiger partial charge on any atom is 0.0568 e. The smallest absolute Gasteiger partial charge is 0.0568 e. The molecule has 2 aromatic rings. The van der Waals surface area contributed by atoms with Gasteiger partial charge in [-0.25, -0.2) is 0 Å². The number of nitrogens with one attached hydrogen (secondary N) is 1. The standard InChI is InChI=1S/C18H23N3/c1-6-7-15(8-13(2)3)9-17-14(4)19-11-18(17)16-10-20-21(5)12-16/h7,9-13,19H,1,8H2,2-5H3/b15-9+. The fourth-order valence-electron chi connectivity index (χ4n) is 2.47. The highest BCUT2D eigenvalue weighted by molar-refractivity contribution is 5.77. The summed E-state index contributed by atoms with van der Waals surface area (Å²) in [6.45, 7) is 10.2. The van der Waals surface area contributed by atoms with Crippen molar-refractivity contribution in [1.82, 2.24) is 14.8 Å². The number of rotatable bonds is 5. The molecule has 0 spiro atoms. The van der Waals surface area contributed by atoms with Gasteiger partial charge in [-0.05, 0) is 37.0 Å². The quantitative estimate of drug-likeness (QED) is 0.635.